The van der Waals surface area contributed by atoms with Crippen LogP contribution in [0, 0.1) is 5.82 Å². The first-order valence-electron chi connectivity index (χ1n) is 5.52. The fourth-order valence-electron chi connectivity index (χ4n) is 2.06. The van der Waals surface area contributed by atoms with Gasteiger partial charge in [-0.15, -0.1) is 0 Å². The van der Waals surface area contributed by atoms with Crippen molar-refractivity contribution in [3.8, 4) is 0 Å². The number of hydrogen-bond acceptors (Lipinski definition) is 2. The fraction of sp³-hybridized carbons (Fsp3) is 0.500. The minimum atomic E-state index is -0.966. The van der Waals surface area contributed by atoms with E-state index < -0.39 is 10.8 Å². The third kappa shape index (κ3) is 2.33. The van der Waals surface area contributed by atoms with Gasteiger partial charge in [-0.2, -0.15) is 0 Å². The molecule has 0 fully saturated rings. The molecule has 88 valence electrons. The lowest BCUT2D eigenvalue weighted by molar-refractivity contribution is 0.453. The van der Waals surface area contributed by atoms with Crippen molar-refractivity contribution < 1.29 is 8.60 Å². The Morgan fingerprint density at radius 3 is 2.94 bits per heavy atom. The Balaban J connectivity index is 2.38. The second-order valence-electron chi connectivity index (χ2n) is 4.39. The molecule has 0 bridgehead atoms. The lowest BCUT2D eigenvalue weighted by atomic mass is 10.0. The van der Waals surface area contributed by atoms with Crippen LogP contribution in [0.2, 0.25) is 0 Å². The molecule has 1 N–H and O–H groups in total. The van der Waals surface area contributed by atoms with Gasteiger partial charge in [-0.05, 0) is 30.2 Å². The van der Waals surface area contributed by atoms with E-state index in [2.05, 4.69) is 19.2 Å². The highest BCUT2D eigenvalue weighted by molar-refractivity contribution is 7.85. The van der Waals surface area contributed by atoms with Gasteiger partial charge in [-0.3, -0.25) is 4.21 Å². The van der Waals surface area contributed by atoms with Crippen molar-refractivity contribution in [1.82, 2.24) is 5.32 Å². The zero-order valence-corrected chi connectivity index (χ0v) is 10.3. The maximum atomic E-state index is 13.2. The van der Waals surface area contributed by atoms with Crippen molar-refractivity contribution in [2.24, 2.45) is 0 Å². The van der Waals surface area contributed by atoms with Crippen molar-refractivity contribution in [1.29, 1.82) is 0 Å². The van der Waals surface area contributed by atoms with Crippen LogP contribution in [0.25, 0.3) is 0 Å². The molecule has 1 heterocycles. The lowest BCUT2D eigenvalue weighted by Crippen LogP contribution is -2.32. The molecule has 1 aliphatic heterocycles. The van der Waals surface area contributed by atoms with Gasteiger partial charge in [0.1, 0.15) is 5.82 Å². The van der Waals surface area contributed by atoms with E-state index in [0.717, 1.165) is 16.9 Å². The van der Waals surface area contributed by atoms with E-state index in [4.69, 9.17) is 0 Å². The predicted molar refractivity (Wildman–Crippen MR) is 63.3 cm³/mol. The number of benzene rings is 1. The average Bonchev–Trinajstić information content (AvgIpc) is 2.22. The van der Waals surface area contributed by atoms with Crippen LogP contribution in [-0.2, 0) is 10.8 Å². The standard InChI is InChI=1S/C12H16FNOS/c1-8(2)14-11-5-6-16(15)12-4-3-9(13)7-10(11)12/h3-4,7-8,11,14H,5-6H2,1-2H3. The molecule has 2 rings (SSSR count). The Hall–Kier alpha value is -0.740. The average molecular weight is 241 g/mol. The third-order valence-corrected chi connectivity index (χ3v) is 4.19. The first-order chi connectivity index (χ1) is 7.58. The summed E-state index contributed by atoms with van der Waals surface area (Å²) in [6, 6.07) is 5.01. The summed E-state index contributed by atoms with van der Waals surface area (Å²) in [7, 11) is -0.966. The van der Waals surface area contributed by atoms with Gasteiger partial charge in [0.05, 0.1) is 10.8 Å². The van der Waals surface area contributed by atoms with Crippen LogP contribution >= 0.6 is 0 Å². The highest BCUT2D eigenvalue weighted by Crippen LogP contribution is 2.30. The van der Waals surface area contributed by atoms with E-state index in [-0.39, 0.29) is 11.9 Å². The molecular weight excluding hydrogens is 225 g/mol. The molecule has 0 saturated carbocycles. The van der Waals surface area contributed by atoms with Gasteiger partial charge >= 0.3 is 0 Å². The molecule has 1 aliphatic rings. The maximum Gasteiger partial charge on any atom is 0.123 e. The smallest absolute Gasteiger partial charge is 0.123 e. The van der Waals surface area contributed by atoms with Gasteiger partial charge in [0, 0.05) is 22.7 Å². The Morgan fingerprint density at radius 2 is 2.25 bits per heavy atom. The number of rotatable bonds is 2. The molecule has 4 heteroatoms. The highest BCUT2D eigenvalue weighted by atomic mass is 32.2. The molecule has 0 spiro atoms. The summed E-state index contributed by atoms with van der Waals surface area (Å²) in [5.41, 5.74) is 0.860. The molecule has 2 atom stereocenters. The molecule has 16 heavy (non-hydrogen) atoms. The SMILES string of the molecule is CC(C)NC1CCS(=O)c2ccc(F)cc21. The van der Waals surface area contributed by atoms with Crippen molar-refractivity contribution >= 4 is 10.8 Å². The molecule has 0 amide bonds. The predicted octanol–water partition coefficient (Wildman–Crippen LogP) is 2.38. The van der Waals surface area contributed by atoms with E-state index >= 15 is 0 Å². The van der Waals surface area contributed by atoms with E-state index in [9.17, 15) is 8.60 Å². The Kier molecular flexibility index (Phi) is 3.40. The summed E-state index contributed by atoms with van der Waals surface area (Å²) >= 11 is 0. The molecule has 2 unspecified atom stereocenters. The number of hydrogen-bond donors (Lipinski definition) is 1. The topological polar surface area (TPSA) is 29.1 Å². The lowest BCUT2D eigenvalue weighted by Gasteiger charge is -2.27. The molecule has 1 aromatic rings. The summed E-state index contributed by atoms with van der Waals surface area (Å²) in [6.45, 7) is 4.12. The van der Waals surface area contributed by atoms with Gasteiger partial charge in [-0.25, -0.2) is 4.39 Å². The monoisotopic (exact) mass is 241 g/mol. The Morgan fingerprint density at radius 1 is 1.50 bits per heavy atom. The summed E-state index contributed by atoms with van der Waals surface area (Å²) in [5, 5.41) is 3.38. The molecule has 0 radical (unpaired) electrons. The quantitative estimate of drug-likeness (QED) is 0.861. The molecule has 0 aliphatic carbocycles. The fourth-order valence-corrected chi connectivity index (χ4v) is 3.42. The molecule has 0 aromatic heterocycles. The first-order valence-corrected chi connectivity index (χ1v) is 6.83. The zero-order chi connectivity index (χ0) is 11.7. The van der Waals surface area contributed by atoms with Crippen LogP contribution in [0.1, 0.15) is 31.9 Å². The summed E-state index contributed by atoms with van der Waals surface area (Å²) in [4.78, 5) is 0.783. The van der Waals surface area contributed by atoms with Crippen LogP contribution in [0.3, 0.4) is 0 Å². The first kappa shape index (κ1) is 11.7. The van der Waals surface area contributed by atoms with Crippen molar-refractivity contribution in [3.05, 3.63) is 29.6 Å². The number of halogens is 1. The van der Waals surface area contributed by atoms with E-state index in [1.54, 1.807) is 6.07 Å². The highest BCUT2D eigenvalue weighted by Gasteiger charge is 2.25. The van der Waals surface area contributed by atoms with Crippen molar-refractivity contribution in [2.45, 2.75) is 37.2 Å². The number of fused-ring (bicyclic) bond motifs is 1. The minimum absolute atomic E-state index is 0.128. The van der Waals surface area contributed by atoms with Gasteiger partial charge in [0.15, 0.2) is 0 Å². The van der Waals surface area contributed by atoms with Gasteiger partial charge < -0.3 is 5.32 Å². The second kappa shape index (κ2) is 4.63. The molecular formula is C12H16FNOS. The van der Waals surface area contributed by atoms with Crippen LogP contribution in [0.15, 0.2) is 23.1 Å². The van der Waals surface area contributed by atoms with Crippen LogP contribution in [0.5, 0.6) is 0 Å². The van der Waals surface area contributed by atoms with Crippen LogP contribution in [0.4, 0.5) is 4.39 Å². The summed E-state index contributed by atoms with van der Waals surface area (Å²) in [5.74, 6) is 0.399. The van der Waals surface area contributed by atoms with Gasteiger partial charge in [0.2, 0.25) is 0 Å². The summed E-state index contributed by atoms with van der Waals surface area (Å²) in [6.07, 6.45) is 0.807. The maximum absolute atomic E-state index is 13.2. The van der Waals surface area contributed by atoms with Crippen LogP contribution < -0.4 is 5.32 Å². The van der Waals surface area contributed by atoms with E-state index in [1.807, 2.05) is 0 Å². The Bertz CT molecular complexity index is 419. The third-order valence-electron chi connectivity index (χ3n) is 2.72. The zero-order valence-electron chi connectivity index (χ0n) is 9.50. The van der Waals surface area contributed by atoms with E-state index in [0.29, 0.717) is 11.8 Å². The summed E-state index contributed by atoms with van der Waals surface area (Å²) < 4.78 is 25.0. The van der Waals surface area contributed by atoms with Gasteiger partial charge in [-0.1, -0.05) is 13.8 Å². The van der Waals surface area contributed by atoms with Crippen molar-refractivity contribution in [2.75, 3.05) is 5.75 Å². The number of nitrogens with one attached hydrogen (secondary N) is 1. The Labute approximate surface area is 97.7 Å². The molecule has 2 nitrogen and oxygen atoms in total. The normalized spacial score (nSPS) is 24.5. The van der Waals surface area contributed by atoms with E-state index in [1.165, 1.54) is 12.1 Å². The van der Waals surface area contributed by atoms with Gasteiger partial charge in [0.25, 0.3) is 0 Å². The van der Waals surface area contributed by atoms with Crippen LogP contribution in [-0.4, -0.2) is 16.0 Å². The second-order valence-corrected chi connectivity index (χ2v) is 5.93. The minimum Gasteiger partial charge on any atom is -0.308 e. The van der Waals surface area contributed by atoms with Crippen molar-refractivity contribution in [3.63, 3.8) is 0 Å². The largest absolute Gasteiger partial charge is 0.308 e. The molecule has 1 aromatic carbocycles. The molecule has 0 saturated heterocycles.